The number of alkyl carbamates (subject to hydrolysis) is 1. The minimum absolute atomic E-state index is 0.0954. The third-order valence-electron chi connectivity index (χ3n) is 3.10. The van der Waals surface area contributed by atoms with Crippen LogP contribution in [-0.4, -0.2) is 43.9 Å². The van der Waals surface area contributed by atoms with Crippen molar-refractivity contribution in [3.05, 3.63) is 0 Å². The van der Waals surface area contributed by atoms with E-state index in [4.69, 9.17) is 9.47 Å². The SMILES string of the molecule is CCOC(=O)N[C@@H](CNC(=O)[C@H]1CCCO1)CC(C)C. The summed E-state index contributed by atoms with van der Waals surface area (Å²) in [5, 5.41) is 5.62. The quantitative estimate of drug-likeness (QED) is 0.742. The van der Waals surface area contributed by atoms with Crippen LogP contribution < -0.4 is 10.6 Å². The van der Waals surface area contributed by atoms with E-state index in [1.54, 1.807) is 6.92 Å². The van der Waals surface area contributed by atoms with Crippen LogP contribution in [0, 0.1) is 5.92 Å². The highest BCUT2D eigenvalue weighted by Gasteiger charge is 2.24. The number of rotatable bonds is 7. The summed E-state index contributed by atoms with van der Waals surface area (Å²) in [6, 6.07) is -0.126. The van der Waals surface area contributed by atoms with Gasteiger partial charge in [-0.25, -0.2) is 4.79 Å². The van der Waals surface area contributed by atoms with E-state index in [2.05, 4.69) is 24.5 Å². The third kappa shape index (κ3) is 6.23. The molecular weight excluding hydrogens is 260 g/mol. The van der Waals surface area contributed by atoms with Gasteiger partial charge in [-0.05, 0) is 32.1 Å². The van der Waals surface area contributed by atoms with E-state index in [9.17, 15) is 9.59 Å². The van der Waals surface area contributed by atoms with Gasteiger partial charge in [0.05, 0.1) is 6.61 Å². The molecule has 0 radical (unpaired) electrons. The number of amides is 2. The highest BCUT2D eigenvalue weighted by Crippen LogP contribution is 2.12. The van der Waals surface area contributed by atoms with Gasteiger partial charge in [0, 0.05) is 19.2 Å². The fraction of sp³-hybridized carbons (Fsp3) is 0.857. The Morgan fingerprint density at radius 1 is 1.40 bits per heavy atom. The molecule has 0 bridgehead atoms. The molecule has 0 aromatic rings. The van der Waals surface area contributed by atoms with Gasteiger partial charge in [0.1, 0.15) is 6.10 Å². The lowest BCUT2D eigenvalue weighted by molar-refractivity contribution is -0.130. The molecule has 2 N–H and O–H groups in total. The summed E-state index contributed by atoms with van der Waals surface area (Å²) >= 11 is 0. The molecule has 6 nitrogen and oxygen atoms in total. The van der Waals surface area contributed by atoms with Crippen LogP contribution in [0.5, 0.6) is 0 Å². The first-order valence-electron chi connectivity index (χ1n) is 7.35. The maximum Gasteiger partial charge on any atom is 0.407 e. The van der Waals surface area contributed by atoms with Crippen molar-refractivity contribution >= 4 is 12.0 Å². The summed E-state index contributed by atoms with van der Waals surface area (Å²) in [4.78, 5) is 23.3. The second-order valence-electron chi connectivity index (χ2n) is 5.44. The fourth-order valence-electron chi connectivity index (χ4n) is 2.22. The summed E-state index contributed by atoms with van der Waals surface area (Å²) in [5.74, 6) is 0.323. The Bertz CT molecular complexity index is 314. The number of carbonyl (C=O) groups is 2. The smallest absolute Gasteiger partial charge is 0.407 e. The van der Waals surface area contributed by atoms with Crippen molar-refractivity contribution < 1.29 is 19.1 Å². The van der Waals surface area contributed by atoms with Gasteiger partial charge in [0.15, 0.2) is 0 Å². The number of hydrogen-bond donors (Lipinski definition) is 2. The third-order valence-corrected chi connectivity index (χ3v) is 3.10. The van der Waals surface area contributed by atoms with Crippen molar-refractivity contribution in [3.8, 4) is 0 Å². The Morgan fingerprint density at radius 3 is 2.70 bits per heavy atom. The highest BCUT2D eigenvalue weighted by atomic mass is 16.5. The van der Waals surface area contributed by atoms with Crippen molar-refractivity contribution in [2.24, 2.45) is 5.92 Å². The normalized spacial score (nSPS) is 19.7. The lowest BCUT2D eigenvalue weighted by atomic mass is 10.0. The van der Waals surface area contributed by atoms with Gasteiger partial charge in [-0.15, -0.1) is 0 Å². The van der Waals surface area contributed by atoms with Crippen molar-refractivity contribution in [2.75, 3.05) is 19.8 Å². The minimum Gasteiger partial charge on any atom is -0.450 e. The molecule has 1 saturated heterocycles. The molecule has 0 aromatic heterocycles. The van der Waals surface area contributed by atoms with Gasteiger partial charge in [-0.3, -0.25) is 4.79 Å². The zero-order chi connectivity index (χ0) is 15.0. The van der Waals surface area contributed by atoms with Crippen LogP contribution in [0.1, 0.15) is 40.0 Å². The van der Waals surface area contributed by atoms with Crippen LogP contribution in [0.2, 0.25) is 0 Å². The number of nitrogens with one attached hydrogen (secondary N) is 2. The lowest BCUT2D eigenvalue weighted by Gasteiger charge is -2.21. The highest BCUT2D eigenvalue weighted by molar-refractivity contribution is 5.81. The Balaban J connectivity index is 2.38. The summed E-state index contributed by atoms with van der Waals surface area (Å²) in [7, 11) is 0. The van der Waals surface area contributed by atoms with Gasteiger partial charge in [0.25, 0.3) is 0 Å². The van der Waals surface area contributed by atoms with E-state index in [1.165, 1.54) is 0 Å². The summed E-state index contributed by atoms with van der Waals surface area (Å²) in [5.41, 5.74) is 0. The number of carbonyl (C=O) groups excluding carboxylic acids is 2. The van der Waals surface area contributed by atoms with E-state index in [1.807, 2.05) is 0 Å². The van der Waals surface area contributed by atoms with Gasteiger partial charge < -0.3 is 20.1 Å². The average molecular weight is 286 g/mol. The van der Waals surface area contributed by atoms with Crippen molar-refractivity contribution in [2.45, 2.75) is 52.2 Å². The maximum absolute atomic E-state index is 11.9. The molecule has 1 heterocycles. The molecule has 1 fully saturated rings. The van der Waals surface area contributed by atoms with Crippen LogP contribution in [0.4, 0.5) is 4.79 Å². The zero-order valence-electron chi connectivity index (χ0n) is 12.6. The monoisotopic (exact) mass is 286 g/mol. The molecule has 1 aliphatic rings. The van der Waals surface area contributed by atoms with E-state index in [0.29, 0.717) is 25.7 Å². The molecule has 0 spiro atoms. The first-order valence-corrected chi connectivity index (χ1v) is 7.35. The van der Waals surface area contributed by atoms with Gasteiger partial charge >= 0.3 is 6.09 Å². The summed E-state index contributed by atoms with van der Waals surface area (Å²) < 4.78 is 10.2. The lowest BCUT2D eigenvalue weighted by Crippen LogP contribution is -2.46. The van der Waals surface area contributed by atoms with E-state index < -0.39 is 6.09 Å². The van der Waals surface area contributed by atoms with Crippen LogP contribution in [0.3, 0.4) is 0 Å². The predicted octanol–water partition coefficient (Wildman–Crippen LogP) is 1.44. The zero-order valence-corrected chi connectivity index (χ0v) is 12.6. The van der Waals surface area contributed by atoms with Crippen molar-refractivity contribution in [1.29, 1.82) is 0 Å². The molecule has 0 aliphatic carbocycles. The van der Waals surface area contributed by atoms with Crippen LogP contribution in [0.15, 0.2) is 0 Å². The molecule has 1 rings (SSSR count). The molecule has 1 aliphatic heterocycles. The molecule has 0 saturated carbocycles. The van der Waals surface area contributed by atoms with E-state index >= 15 is 0 Å². The second-order valence-corrected chi connectivity index (χ2v) is 5.44. The second kappa shape index (κ2) is 8.79. The molecular formula is C14H26N2O4. The van der Waals surface area contributed by atoms with Crippen molar-refractivity contribution in [3.63, 3.8) is 0 Å². The maximum atomic E-state index is 11.9. The average Bonchev–Trinajstić information content (AvgIpc) is 2.89. The molecule has 2 atom stereocenters. The van der Waals surface area contributed by atoms with E-state index in [0.717, 1.165) is 19.3 Å². The predicted molar refractivity (Wildman–Crippen MR) is 75.4 cm³/mol. The fourth-order valence-corrected chi connectivity index (χ4v) is 2.22. The first kappa shape index (κ1) is 16.8. The number of hydrogen-bond acceptors (Lipinski definition) is 4. The van der Waals surface area contributed by atoms with Crippen molar-refractivity contribution in [1.82, 2.24) is 10.6 Å². The molecule has 0 unspecified atom stereocenters. The van der Waals surface area contributed by atoms with Gasteiger partial charge in [-0.2, -0.15) is 0 Å². The minimum atomic E-state index is -0.440. The summed E-state index contributed by atoms with van der Waals surface area (Å²) in [6.07, 6.45) is 1.70. The van der Waals surface area contributed by atoms with E-state index in [-0.39, 0.29) is 18.1 Å². The molecule has 2 amide bonds. The van der Waals surface area contributed by atoms with Gasteiger partial charge in [0.2, 0.25) is 5.91 Å². The molecule has 116 valence electrons. The Kier molecular flexibility index (Phi) is 7.36. The van der Waals surface area contributed by atoms with Crippen LogP contribution in [0.25, 0.3) is 0 Å². The topological polar surface area (TPSA) is 76.7 Å². The Hall–Kier alpha value is -1.30. The first-order chi connectivity index (χ1) is 9.52. The Morgan fingerprint density at radius 2 is 2.15 bits per heavy atom. The Labute approximate surface area is 120 Å². The standard InChI is InChI=1S/C14H26N2O4/c1-4-19-14(18)16-11(8-10(2)3)9-15-13(17)12-6-5-7-20-12/h10-12H,4-9H2,1-3H3,(H,15,17)(H,16,18)/t11-,12-/m1/s1. The van der Waals surface area contributed by atoms with Gasteiger partial charge in [-0.1, -0.05) is 13.8 Å². The van der Waals surface area contributed by atoms with Crippen LogP contribution >= 0.6 is 0 Å². The molecule has 6 heteroatoms. The number of ether oxygens (including phenoxy) is 2. The summed E-state index contributed by atoms with van der Waals surface area (Å²) in [6.45, 7) is 7.28. The largest absolute Gasteiger partial charge is 0.450 e. The van der Waals surface area contributed by atoms with Crippen LogP contribution in [-0.2, 0) is 14.3 Å². The molecule has 20 heavy (non-hydrogen) atoms. The molecule has 0 aromatic carbocycles.